The molecular weight excluding hydrogens is 390 g/mol. The summed E-state index contributed by atoms with van der Waals surface area (Å²) in [6.45, 7) is 2.01. The van der Waals surface area contributed by atoms with Gasteiger partial charge in [-0.25, -0.2) is 0 Å². The van der Waals surface area contributed by atoms with Gasteiger partial charge in [-0.05, 0) is 49.6 Å². The Balaban J connectivity index is 1.74. The molecule has 0 radical (unpaired) electrons. The van der Waals surface area contributed by atoms with Gasteiger partial charge in [0.15, 0.2) is 0 Å². The van der Waals surface area contributed by atoms with E-state index in [1.165, 1.54) is 23.1 Å². The fraction of sp³-hybridized carbons (Fsp3) is 0.304. The lowest BCUT2D eigenvalue weighted by atomic mass is 9.94. The number of rotatable bonds is 4. The van der Waals surface area contributed by atoms with Gasteiger partial charge in [0.25, 0.3) is 11.8 Å². The highest BCUT2D eigenvalue weighted by molar-refractivity contribution is 8.04. The number of halogens is 1. The normalized spacial score (nSPS) is 18.3. The van der Waals surface area contributed by atoms with Gasteiger partial charge >= 0.3 is 0 Å². The molecule has 1 saturated carbocycles. The van der Waals surface area contributed by atoms with Gasteiger partial charge in [-0.15, -0.1) is 0 Å². The van der Waals surface area contributed by atoms with E-state index in [9.17, 15) is 9.59 Å². The van der Waals surface area contributed by atoms with Gasteiger partial charge < -0.3 is 0 Å². The Hall–Kier alpha value is -2.04. The van der Waals surface area contributed by atoms with E-state index in [4.69, 9.17) is 11.6 Å². The molecule has 1 fully saturated rings. The van der Waals surface area contributed by atoms with Crippen LogP contribution in [0, 0.1) is 6.92 Å². The molecule has 2 amide bonds. The van der Waals surface area contributed by atoms with Crippen LogP contribution in [0.2, 0.25) is 5.02 Å². The first-order valence-electron chi connectivity index (χ1n) is 9.67. The van der Waals surface area contributed by atoms with Crippen molar-refractivity contribution in [2.75, 3.05) is 0 Å². The van der Waals surface area contributed by atoms with Gasteiger partial charge in [-0.3, -0.25) is 14.5 Å². The number of hydrogen-bond acceptors (Lipinski definition) is 3. The molecule has 144 valence electrons. The van der Waals surface area contributed by atoms with Crippen LogP contribution >= 0.6 is 23.4 Å². The summed E-state index contributed by atoms with van der Waals surface area (Å²) in [5.41, 5.74) is 2.45. The summed E-state index contributed by atoms with van der Waals surface area (Å²) in [6.07, 6.45) is 5.12. The minimum Gasteiger partial charge on any atom is -0.271 e. The van der Waals surface area contributed by atoms with E-state index in [1.807, 2.05) is 43.3 Å². The molecule has 0 spiro atoms. The molecule has 28 heavy (non-hydrogen) atoms. The van der Waals surface area contributed by atoms with E-state index in [1.54, 1.807) is 12.1 Å². The maximum Gasteiger partial charge on any atom is 0.268 e. The summed E-state index contributed by atoms with van der Waals surface area (Å²) < 4.78 is 0. The maximum absolute atomic E-state index is 13.4. The highest BCUT2D eigenvalue weighted by Crippen LogP contribution is 2.42. The third-order valence-corrected chi connectivity index (χ3v) is 6.73. The van der Waals surface area contributed by atoms with Crippen molar-refractivity contribution in [1.29, 1.82) is 0 Å². The Morgan fingerprint density at radius 2 is 1.54 bits per heavy atom. The lowest BCUT2D eigenvalue weighted by molar-refractivity contribution is -0.139. The highest BCUT2D eigenvalue weighted by atomic mass is 35.5. The van der Waals surface area contributed by atoms with Crippen LogP contribution in [0.1, 0.15) is 43.2 Å². The number of imide groups is 1. The van der Waals surface area contributed by atoms with Crippen molar-refractivity contribution in [1.82, 2.24) is 4.90 Å². The molecule has 4 rings (SSSR count). The molecule has 0 atom stereocenters. The first-order valence-corrected chi connectivity index (χ1v) is 10.9. The van der Waals surface area contributed by atoms with Crippen molar-refractivity contribution in [3.63, 3.8) is 0 Å². The number of hydrogen-bond donors (Lipinski definition) is 0. The average molecular weight is 412 g/mol. The fourth-order valence-electron chi connectivity index (χ4n) is 3.89. The number of amides is 2. The zero-order valence-electron chi connectivity index (χ0n) is 15.8. The molecule has 1 heterocycles. The first-order chi connectivity index (χ1) is 13.5. The van der Waals surface area contributed by atoms with Crippen LogP contribution in [-0.2, 0) is 9.59 Å². The van der Waals surface area contributed by atoms with Crippen molar-refractivity contribution in [3.8, 4) is 0 Å². The van der Waals surface area contributed by atoms with Crippen LogP contribution in [0.5, 0.6) is 0 Å². The second-order valence-corrected chi connectivity index (χ2v) is 8.92. The zero-order chi connectivity index (χ0) is 19.7. The smallest absolute Gasteiger partial charge is 0.268 e. The van der Waals surface area contributed by atoms with Crippen LogP contribution < -0.4 is 0 Å². The van der Waals surface area contributed by atoms with Crippen molar-refractivity contribution < 1.29 is 9.59 Å². The third-order valence-electron chi connectivity index (χ3n) is 5.39. The molecular formula is C23H22ClNO2S. The summed E-state index contributed by atoms with van der Waals surface area (Å²) in [7, 11) is 0. The van der Waals surface area contributed by atoms with E-state index in [0.717, 1.165) is 41.7 Å². The number of benzene rings is 2. The quantitative estimate of drug-likeness (QED) is 0.592. The SMILES string of the molecule is Cc1ccc(C2=C(Sc3ccc(Cl)cc3)C(=O)N(C3CCCCC3)C2=O)cc1. The van der Waals surface area contributed by atoms with Crippen LogP contribution in [0.25, 0.3) is 5.57 Å². The number of nitrogens with zero attached hydrogens (tertiary/aromatic N) is 1. The van der Waals surface area contributed by atoms with Crippen LogP contribution in [0.4, 0.5) is 0 Å². The zero-order valence-corrected chi connectivity index (χ0v) is 17.4. The summed E-state index contributed by atoms with van der Waals surface area (Å²) in [5.74, 6) is -0.315. The fourth-order valence-corrected chi connectivity index (χ4v) is 5.01. The van der Waals surface area contributed by atoms with Gasteiger partial charge in [-0.1, -0.05) is 72.5 Å². The molecule has 1 aliphatic carbocycles. The third kappa shape index (κ3) is 3.76. The number of thioether (sulfide) groups is 1. The monoisotopic (exact) mass is 411 g/mol. The van der Waals surface area contributed by atoms with E-state index in [-0.39, 0.29) is 17.9 Å². The van der Waals surface area contributed by atoms with E-state index >= 15 is 0 Å². The summed E-state index contributed by atoms with van der Waals surface area (Å²) in [6, 6.07) is 15.2. The van der Waals surface area contributed by atoms with Gasteiger partial charge in [0.05, 0.1) is 10.5 Å². The summed E-state index contributed by atoms with van der Waals surface area (Å²) >= 11 is 7.35. The van der Waals surface area contributed by atoms with Gasteiger partial charge in [0, 0.05) is 16.0 Å². The molecule has 0 aromatic heterocycles. The minimum atomic E-state index is -0.160. The molecule has 1 aliphatic heterocycles. The molecule has 0 saturated heterocycles. The summed E-state index contributed by atoms with van der Waals surface area (Å²) in [5, 5.41) is 0.648. The van der Waals surface area contributed by atoms with E-state index in [2.05, 4.69) is 0 Å². The minimum absolute atomic E-state index is 0.0116. The molecule has 2 aliphatic rings. The maximum atomic E-state index is 13.4. The first kappa shape index (κ1) is 19.3. The number of carbonyl (C=O) groups is 2. The molecule has 3 nitrogen and oxygen atoms in total. The predicted molar refractivity (Wildman–Crippen MR) is 114 cm³/mol. The van der Waals surface area contributed by atoms with Crippen LogP contribution in [-0.4, -0.2) is 22.8 Å². The second-order valence-electron chi connectivity index (χ2n) is 7.40. The number of aryl methyl sites for hydroxylation is 1. The van der Waals surface area contributed by atoms with Crippen molar-refractivity contribution >= 4 is 40.8 Å². The topological polar surface area (TPSA) is 37.4 Å². The van der Waals surface area contributed by atoms with Crippen LogP contribution in [0.3, 0.4) is 0 Å². The number of carbonyl (C=O) groups excluding carboxylic acids is 2. The molecule has 0 N–H and O–H groups in total. The largest absolute Gasteiger partial charge is 0.271 e. The Morgan fingerprint density at radius 1 is 0.893 bits per heavy atom. The van der Waals surface area contributed by atoms with Gasteiger partial charge in [-0.2, -0.15) is 0 Å². The Labute approximate surface area is 174 Å². The predicted octanol–water partition coefficient (Wildman–Crippen LogP) is 5.85. The molecule has 0 unspecified atom stereocenters. The van der Waals surface area contributed by atoms with Crippen molar-refractivity contribution in [2.24, 2.45) is 0 Å². The molecule has 5 heteroatoms. The highest BCUT2D eigenvalue weighted by Gasteiger charge is 2.43. The van der Waals surface area contributed by atoms with Crippen molar-refractivity contribution in [2.45, 2.75) is 50.0 Å². The Morgan fingerprint density at radius 3 is 2.18 bits per heavy atom. The van der Waals surface area contributed by atoms with Crippen molar-refractivity contribution in [3.05, 3.63) is 69.6 Å². The Kier molecular flexibility index (Phi) is 5.61. The van der Waals surface area contributed by atoms with Crippen LogP contribution in [0.15, 0.2) is 58.3 Å². The summed E-state index contributed by atoms with van der Waals surface area (Å²) in [4.78, 5) is 29.6. The van der Waals surface area contributed by atoms with Gasteiger partial charge in [0.2, 0.25) is 0 Å². The van der Waals surface area contributed by atoms with Gasteiger partial charge in [0.1, 0.15) is 0 Å². The second kappa shape index (κ2) is 8.14. The lowest BCUT2D eigenvalue weighted by Crippen LogP contribution is -2.42. The lowest BCUT2D eigenvalue weighted by Gasteiger charge is -2.29. The molecule has 0 bridgehead atoms. The average Bonchev–Trinajstić information content (AvgIpc) is 2.95. The molecule has 2 aromatic carbocycles. The van der Waals surface area contributed by atoms with E-state index < -0.39 is 0 Å². The Bertz CT molecular complexity index is 928. The molecule has 2 aromatic rings. The standard InChI is InChI=1S/C23H22ClNO2S/c1-15-7-9-16(10-8-15)20-21(28-19-13-11-17(24)12-14-19)23(27)25(22(20)26)18-5-3-2-4-6-18/h7-14,18H,2-6H2,1H3. The van der Waals surface area contributed by atoms with E-state index in [0.29, 0.717) is 15.5 Å².